The molecule has 0 saturated carbocycles. The highest BCUT2D eigenvalue weighted by molar-refractivity contribution is 9.10. The van der Waals surface area contributed by atoms with Crippen molar-refractivity contribution >= 4 is 33.8 Å². The van der Waals surface area contributed by atoms with Crippen molar-refractivity contribution in [2.24, 2.45) is 0 Å². The lowest BCUT2D eigenvalue weighted by Gasteiger charge is -2.04. The van der Waals surface area contributed by atoms with Crippen LogP contribution in [-0.4, -0.2) is 14.4 Å². The molecule has 0 bridgehead atoms. The summed E-state index contributed by atoms with van der Waals surface area (Å²) in [5.41, 5.74) is 6.43. The van der Waals surface area contributed by atoms with E-state index in [1.165, 1.54) is 5.56 Å². The molecule has 2 aromatic heterocycles. The molecule has 4 rings (SSSR count). The number of fused-ring (bicyclic) bond motifs is 1. The van der Waals surface area contributed by atoms with E-state index in [1.54, 1.807) is 0 Å². The van der Waals surface area contributed by atoms with Crippen LogP contribution in [0.25, 0.3) is 28.0 Å². The summed E-state index contributed by atoms with van der Waals surface area (Å²) in [4.78, 5) is 7.88. The van der Waals surface area contributed by atoms with Crippen molar-refractivity contribution in [1.82, 2.24) is 14.4 Å². The van der Waals surface area contributed by atoms with Crippen molar-refractivity contribution in [3.63, 3.8) is 0 Å². The van der Waals surface area contributed by atoms with Gasteiger partial charge in [-0.2, -0.15) is 0 Å². The molecule has 0 amide bonds. The minimum atomic E-state index is 0.540. The van der Waals surface area contributed by atoms with Gasteiger partial charge < -0.3 is 4.98 Å². The smallest absolute Gasteiger partial charge is 0.205 e. The molecule has 4 aromatic rings. The number of benzene rings is 2. The first-order chi connectivity index (χ1) is 11.6. The zero-order valence-electron chi connectivity index (χ0n) is 13.0. The van der Waals surface area contributed by atoms with Gasteiger partial charge in [0.2, 0.25) is 4.77 Å². The van der Waals surface area contributed by atoms with E-state index in [2.05, 4.69) is 69.2 Å². The van der Waals surface area contributed by atoms with Crippen LogP contribution in [0.5, 0.6) is 0 Å². The van der Waals surface area contributed by atoms with Gasteiger partial charge in [0.05, 0.1) is 5.69 Å². The Morgan fingerprint density at radius 2 is 1.88 bits per heavy atom. The normalized spacial score (nSPS) is 11.1. The van der Waals surface area contributed by atoms with E-state index >= 15 is 0 Å². The maximum absolute atomic E-state index is 5.40. The number of nitrogens with one attached hydrogen (secondary N) is 1. The molecule has 0 saturated heterocycles. The van der Waals surface area contributed by atoms with Crippen molar-refractivity contribution in [2.45, 2.75) is 6.92 Å². The number of hydrogen-bond donors (Lipinski definition) is 1. The quantitative estimate of drug-likeness (QED) is 0.435. The maximum atomic E-state index is 5.40. The Hall–Kier alpha value is -2.24. The van der Waals surface area contributed by atoms with Crippen LogP contribution in [0, 0.1) is 11.7 Å². The van der Waals surface area contributed by atoms with E-state index in [9.17, 15) is 0 Å². The van der Waals surface area contributed by atoms with Crippen molar-refractivity contribution in [1.29, 1.82) is 0 Å². The van der Waals surface area contributed by atoms with Crippen LogP contribution in [0.4, 0.5) is 0 Å². The van der Waals surface area contributed by atoms with Crippen LogP contribution in [0.15, 0.2) is 65.4 Å². The minimum absolute atomic E-state index is 0.540. The van der Waals surface area contributed by atoms with Gasteiger partial charge in [0.1, 0.15) is 5.65 Å². The summed E-state index contributed by atoms with van der Waals surface area (Å²) >= 11 is 8.92. The summed E-state index contributed by atoms with van der Waals surface area (Å²) in [5, 5.41) is 0. The van der Waals surface area contributed by atoms with Crippen LogP contribution in [0.3, 0.4) is 0 Å². The number of hydrogen-bond acceptors (Lipinski definition) is 2. The maximum Gasteiger partial charge on any atom is 0.205 e. The lowest BCUT2D eigenvalue weighted by atomic mass is 10.1. The second kappa shape index (κ2) is 6.00. The Balaban J connectivity index is 1.95. The SMILES string of the molecule is Cc1ccc(-c2cn3c(=S)ncc(-c4cccc(Br)c4)c3[nH]2)cc1. The van der Waals surface area contributed by atoms with Gasteiger partial charge in [0, 0.05) is 22.4 Å². The first kappa shape index (κ1) is 15.3. The Morgan fingerprint density at radius 3 is 2.62 bits per heavy atom. The molecule has 118 valence electrons. The molecule has 5 heteroatoms. The first-order valence-corrected chi connectivity index (χ1v) is 8.75. The van der Waals surface area contributed by atoms with Crippen molar-refractivity contribution < 1.29 is 0 Å². The van der Waals surface area contributed by atoms with Crippen LogP contribution in [-0.2, 0) is 0 Å². The van der Waals surface area contributed by atoms with Gasteiger partial charge in [-0.1, -0.05) is 57.9 Å². The fraction of sp³-hybridized carbons (Fsp3) is 0.0526. The Morgan fingerprint density at radius 1 is 1.08 bits per heavy atom. The van der Waals surface area contributed by atoms with Crippen LogP contribution < -0.4 is 0 Å². The zero-order chi connectivity index (χ0) is 16.7. The molecular formula is C19H14BrN3S. The van der Waals surface area contributed by atoms with E-state index in [1.807, 2.05) is 28.9 Å². The summed E-state index contributed by atoms with van der Waals surface area (Å²) in [5.74, 6) is 0. The minimum Gasteiger partial charge on any atom is -0.339 e. The third kappa shape index (κ3) is 2.70. The summed E-state index contributed by atoms with van der Waals surface area (Å²) in [6.07, 6.45) is 3.84. The second-order valence-corrected chi connectivity index (χ2v) is 7.00. The van der Waals surface area contributed by atoms with Crippen LogP contribution in [0.2, 0.25) is 0 Å². The third-order valence-corrected chi connectivity index (χ3v) is 4.81. The summed E-state index contributed by atoms with van der Waals surface area (Å²) in [6, 6.07) is 16.6. The molecule has 0 fully saturated rings. The van der Waals surface area contributed by atoms with E-state index in [4.69, 9.17) is 12.2 Å². The monoisotopic (exact) mass is 395 g/mol. The number of H-pyrrole nitrogens is 1. The zero-order valence-corrected chi connectivity index (χ0v) is 15.4. The van der Waals surface area contributed by atoms with Crippen LogP contribution in [0.1, 0.15) is 5.56 Å². The number of imidazole rings is 1. The summed E-state index contributed by atoms with van der Waals surface area (Å²) in [7, 11) is 0. The van der Waals surface area contributed by atoms with Gasteiger partial charge in [-0.3, -0.25) is 4.40 Å². The van der Waals surface area contributed by atoms with E-state index in [-0.39, 0.29) is 0 Å². The Bertz CT molecular complexity index is 1090. The average Bonchev–Trinajstić information content (AvgIpc) is 3.02. The van der Waals surface area contributed by atoms with E-state index < -0.39 is 0 Å². The highest BCUT2D eigenvalue weighted by Gasteiger charge is 2.10. The van der Waals surface area contributed by atoms with Gasteiger partial charge >= 0.3 is 0 Å². The second-order valence-electron chi connectivity index (χ2n) is 5.72. The number of aryl methyl sites for hydroxylation is 1. The van der Waals surface area contributed by atoms with Gasteiger partial charge in [0.25, 0.3) is 0 Å². The average molecular weight is 396 g/mol. The summed E-state index contributed by atoms with van der Waals surface area (Å²) in [6.45, 7) is 2.08. The predicted octanol–water partition coefficient (Wildman–Crippen LogP) is 5.80. The third-order valence-electron chi connectivity index (χ3n) is 4.02. The number of aromatic amines is 1. The van der Waals surface area contributed by atoms with Gasteiger partial charge in [0.15, 0.2) is 0 Å². The van der Waals surface area contributed by atoms with Crippen LogP contribution >= 0.6 is 28.1 Å². The fourth-order valence-corrected chi connectivity index (χ4v) is 3.35. The fourth-order valence-electron chi connectivity index (χ4n) is 2.75. The molecule has 0 aliphatic heterocycles. The predicted molar refractivity (Wildman–Crippen MR) is 104 cm³/mol. The van der Waals surface area contributed by atoms with Crippen molar-refractivity contribution in [3.05, 3.63) is 75.7 Å². The number of aromatic nitrogens is 3. The molecular weight excluding hydrogens is 382 g/mol. The molecule has 0 aliphatic rings. The molecule has 3 nitrogen and oxygen atoms in total. The molecule has 2 aromatic carbocycles. The molecule has 0 radical (unpaired) electrons. The molecule has 0 spiro atoms. The first-order valence-electron chi connectivity index (χ1n) is 7.55. The van der Waals surface area contributed by atoms with Crippen molar-refractivity contribution in [2.75, 3.05) is 0 Å². The molecule has 0 aliphatic carbocycles. The van der Waals surface area contributed by atoms with Gasteiger partial charge in [-0.05, 0) is 42.4 Å². The summed E-state index contributed by atoms with van der Waals surface area (Å²) < 4.78 is 3.50. The van der Waals surface area contributed by atoms with Gasteiger partial charge in [-0.25, -0.2) is 4.98 Å². The van der Waals surface area contributed by atoms with Crippen molar-refractivity contribution in [3.8, 4) is 22.4 Å². The lowest BCUT2D eigenvalue weighted by Crippen LogP contribution is -1.92. The molecule has 24 heavy (non-hydrogen) atoms. The highest BCUT2D eigenvalue weighted by Crippen LogP contribution is 2.28. The highest BCUT2D eigenvalue weighted by atomic mass is 79.9. The number of rotatable bonds is 2. The Labute approximate surface area is 153 Å². The topological polar surface area (TPSA) is 33.1 Å². The molecule has 0 atom stereocenters. The lowest BCUT2D eigenvalue weighted by molar-refractivity contribution is 1.06. The molecule has 1 N–H and O–H groups in total. The molecule has 2 heterocycles. The Kier molecular flexibility index (Phi) is 3.82. The largest absolute Gasteiger partial charge is 0.339 e. The number of halogens is 1. The van der Waals surface area contributed by atoms with E-state index in [0.717, 1.165) is 32.5 Å². The van der Waals surface area contributed by atoms with E-state index in [0.29, 0.717) is 4.77 Å². The van der Waals surface area contributed by atoms with Gasteiger partial charge in [-0.15, -0.1) is 0 Å². The number of nitrogens with zero attached hydrogens (tertiary/aromatic N) is 2. The standard InChI is InChI=1S/C19H14BrN3S/c1-12-5-7-13(8-6-12)17-11-23-18(22-17)16(10-21-19(23)24)14-3-2-4-15(20)9-14/h2-11,22H,1H3. The molecule has 0 unspecified atom stereocenters.